The van der Waals surface area contributed by atoms with Gasteiger partial charge in [0.25, 0.3) is 5.91 Å². The van der Waals surface area contributed by atoms with Crippen LogP contribution in [0.1, 0.15) is 16.8 Å². The van der Waals surface area contributed by atoms with Gasteiger partial charge in [0, 0.05) is 12.2 Å². The molecule has 1 heterocycles. The summed E-state index contributed by atoms with van der Waals surface area (Å²) in [6.45, 7) is 1.17. The molecule has 2 aromatic carbocycles. The number of ether oxygens (including phenoxy) is 1. The van der Waals surface area contributed by atoms with E-state index in [9.17, 15) is 4.79 Å². The number of para-hydroxylation sites is 2. The van der Waals surface area contributed by atoms with Gasteiger partial charge in [-0.3, -0.25) is 4.79 Å². The highest BCUT2D eigenvalue weighted by molar-refractivity contribution is 6.34. The second-order valence-electron chi connectivity index (χ2n) is 4.87. The number of hydrogen-bond donors (Lipinski definition) is 1. The largest absolute Gasteiger partial charge is 0.491 e. The number of hydrogen-bond acceptors (Lipinski definition) is 3. The first-order valence-corrected chi connectivity index (χ1v) is 7.13. The Bertz CT molecular complexity index is 688. The van der Waals surface area contributed by atoms with Crippen molar-refractivity contribution < 1.29 is 9.53 Å². The lowest BCUT2D eigenvalue weighted by Crippen LogP contribution is -2.31. The van der Waals surface area contributed by atoms with Crippen LogP contribution in [-0.2, 0) is 0 Å². The Hall–Kier alpha value is -2.20. The molecule has 0 radical (unpaired) electrons. The first-order valence-electron chi connectivity index (χ1n) is 6.75. The Balaban J connectivity index is 2.03. The third-order valence-corrected chi connectivity index (χ3v) is 3.74. The fourth-order valence-electron chi connectivity index (χ4n) is 2.39. The number of benzene rings is 2. The molecule has 3 rings (SSSR count). The Morgan fingerprint density at radius 1 is 1.24 bits per heavy atom. The SMILES string of the molecule is Nc1ccc(Cl)c(C(=O)N2CCCOc3ccccc32)c1. The smallest absolute Gasteiger partial charge is 0.259 e. The van der Waals surface area contributed by atoms with Gasteiger partial charge >= 0.3 is 0 Å². The summed E-state index contributed by atoms with van der Waals surface area (Å²) in [6.07, 6.45) is 0.764. The molecule has 108 valence electrons. The van der Waals surface area contributed by atoms with Crippen LogP contribution in [0.3, 0.4) is 0 Å². The molecule has 2 aromatic rings. The first kappa shape index (κ1) is 13.8. The van der Waals surface area contributed by atoms with Crippen molar-refractivity contribution in [3.63, 3.8) is 0 Å². The van der Waals surface area contributed by atoms with Crippen LogP contribution in [0.5, 0.6) is 5.75 Å². The van der Waals surface area contributed by atoms with E-state index in [0.29, 0.717) is 35.2 Å². The number of nitrogens with two attached hydrogens (primary N) is 1. The molecule has 0 fully saturated rings. The maximum Gasteiger partial charge on any atom is 0.259 e. The number of rotatable bonds is 1. The molecule has 0 aromatic heterocycles. The molecule has 0 bridgehead atoms. The third-order valence-electron chi connectivity index (χ3n) is 3.41. The van der Waals surface area contributed by atoms with E-state index in [0.717, 1.165) is 12.1 Å². The van der Waals surface area contributed by atoms with Crippen LogP contribution in [0.15, 0.2) is 42.5 Å². The Kier molecular flexibility index (Phi) is 3.71. The number of amides is 1. The van der Waals surface area contributed by atoms with Crippen LogP contribution in [0.2, 0.25) is 5.02 Å². The summed E-state index contributed by atoms with van der Waals surface area (Å²) in [4.78, 5) is 14.5. The minimum absolute atomic E-state index is 0.162. The molecule has 1 aliphatic rings. The molecule has 4 nitrogen and oxygen atoms in total. The summed E-state index contributed by atoms with van der Waals surface area (Å²) in [5, 5.41) is 0.400. The Morgan fingerprint density at radius 2 is 2.05 bits per heavy atom. The summed E-state index contributed by atoms with van der Waals surface area (Å²) < 4.78 is 5.67. The van der Waals surface area contributed by atoms with E-state index in [-0.39, 0.29) is 5.91 Å². The maximum atomic E-state index is 12.8. The average molecular weight is 303 g/mol. The minimum atomic E-state index is -0.162. The second kappa shape index (κ2) is 5.66. The van der Waals surface area contributed by atoms with Crippen molar-refractivity contribution in [3.8, 4) is 5.75 Å². The molecule has 0 atom stereocenters. The predicted molar refractivity (Wildman–Crippen MR) is 84.1 cm³/mol. The number of fused-ring (bicyclic) bond motifs is 1. The molecule has 0 saturated carbocycles. The molecule has 0 saturated heterocycles. The van der Waals surface area contributed by atoms with E-state index in [1.54, 1.807) is 23.1 Å². The molecule has 21 heavy (non-hydrogen) atoms. The first-order chi connectivity index (χ1) is 10.2. The fourth-order valence-corrected chi connectivity index (χ4v) is 2.59. The number of anilines is 2. The van der Waals surface area contributed by atoms with Gasteiger partial charge in [-0.05, 0) is 36.8 Å². The Morgan fingerprint density at radius 3 is 2.90 bits per heavy atom. The predicted octanol–water partition coefficient (Wildman–Crippen LogP) is 3.35. The van der Waals surface area contributed by atoms with Gasteiger partial charge in [-0.25, -0.2) is 0 Å². The number of nitrogen functional groups attached to an aromatic ring is 1. The van der Waals surface area contributed by atoms with Crippen LogP contribution in [0, 0.1) is 0 Å². The van der Waals surface area contributed by atoms with Gasteiger partial charge < -0.3 is 15.4 Å². The molecule has 1 amide bonds. The second-order valence-corrected chi connectivity index (χ2v) is 5.27. The van der Waals surface area contributed by atoms with Gasteiger partial charge in [0.2, 0.25) is 0 Å². The lowest BCUT2D eigenvalue weighted by Gasteiger charge is -2.22. The van der Waals surface area contributed by atoms with Gasteiger partial charge in [0.1, 0.15) is 5.75 Å². The van der Waals surface area contributed by atoms with Crippen molar-refractivity contribution in [3.05, 3.63) is 53.1 Å². The third kappa shape index (κ3) is 2.67. The van der Waals surface area contributed by atoms with Gasteiger partial charge in [-0.1, -0.05) is 23.7 Å². The highest BCUT2D eigenvalue weighted by Gasteiger charge is 2.24. The summed E-state index contributed by atoms with van der Waals surface area (Å²) in [5.74, 6) is 0.550. The number of carbonyl (C=O) groups excluding carboxylic acids is 1. The summed E-state index contributed by atoms with van der Waals surface area (Å²) >= 11 is 6.14. The van der Waals surface area contributed by atoms with E-state index >= 15 is 0 Å². The monoisotopic (exact) mass is 302 g/mol. The highest BCUT2D eigenvalue weighted by atomic mass is 35.5. The molecule has 0 spiro atoms. The lowest BCUT2D eigenvalue weighted by atomic mass is 10.1. The van der Waals surface area contributed by atoms with Gasteiger partial charge in [0.05, 0.1) is 22.9 Å². The van der Waals surface area contributed by atoms with E-state index < -0.39 is 0 Å². The van der Waals surface area contributed by atoms with Gasteiger partial charge in [0.15, 0.2) is 0 Å². The summed E-state index contributed by atoms with van der Waals surface area (Å²) in [6, 6.07) is 12.4. The summed E-state index contributed by atoms with van der Waals surface area (Å²) in [5.41, 5.74) is 7.46. The molecular weight excluding hydrogens is 288 g/mol. The van der Waals surface area contributed by atoms with Crippen LogP contribution < -0.4 is 15.4 Å². The number of halogens is 1. The zero-order chi connectivity index (χ0) is 14.8. The van der Waals surface area contributed by atoms with Crippen LogP contribution >= 0.6 is 11.6 Å². The maximum absolute atomic E-state index is 12.8. The van der Waals surface area contributed by atoms with Gasteiger partial charge in [-0.2, -0.15) is 0 Å². The van der Waals surface area contributed by atoms with Crippen molar-refractivity contribution >= 4 is 28.9 Å². The van der Waals surface area contributed by atoms with Crippen molar-refractivity contribution in [2.24, 2.45) is 0 Å². The normalized spacial score (nSPS) is 14.0. The van der Waals surface area contributed by atoms with E-state index in [4.69, 9.17) is 22.1 Å². The zero-order valence-corrected chi connectivity index (χ0v) is 12.1. The molecule has 5 heteroatoms. The van der Waals surface area contributed by atoms with E-state index in [1.807, 2.05) is 24.3 Å². The quantitative estimate of drug-likeness (QED) is 0.822. The van der Waals surface area contributed by atoms with Crippen molar-refractivity contribution in [1.29, 1.82) is 0 Å². The average Bonchev–Trinajstić information content (AvgIpc) is 2.71. The van der Waals surface area contributed by atoms with Crippen LogP contribution in [0.4, 0.5) is 11.4 Å². The highest BCUT2D eigenvalue weighted by Crippen LogP contribution is 2.32. The van der Waals surface area contributed by atoms with E-state index in [1.165, 1.54) is 0 Å². The van der Waals surface area contributed by atoms with Crippen LogP contribution in [-0.4, -0.2) is 19.1 Å². The molecular formula is C16H15ClN2O2. The minimum Gasteiger partial charge on any atom is -0.491 e. The lowest BCUT2D eigenvalue weighted by molar-refractivity contribution is 0.0987. The fraction of sp³-hybridized carbons (Fsp3) is 0.188. The standard InChI is InChI=1S/C16H15ClN2O2/c17-13-7-6-11(18)10-12(13)16(20)19-8-3-9-21-15-5-2-1-4-14(15)19/h1-2,4-7,10H,3,8-9,18H2. The van der Waals surface area contributed by atoms with Crippen molar-refractivity contribution in [2.75, 3.05) is 23.8 Å². The molecule has 0 aliphatic carbocycles. The zero-order valence-electron chi connectivity index (χ0n) is 11.4. The number of nitrogens with zero attached hydrogens (tertiary/aromatic N) is 1. The van der Waals surface area contributed by atoms with Crippen molar-refractivity contribution in [2.45, 2.75) is 6.42 Å². The molecule has 1 aliphatic heterocycles. The number of carbonyl (C=O) groups is 1. The topological polar surface area (TPSA) is 55.6 Å². The van der Waals surface area contributed by atoms with Gasteiger partial charge in [-0.15, -0.1) is 0 Å². The Labute approximate surface area is 128 Å². The van der Waals surface area contributed by atoms with E-state index in [2.05, 4.69) is 0 Å². The van der Waals surface area contributed by atoms with Crippen LogP contribution in [0.25, 0.3) is 0 Å². The van der Waals surface area contributed by atoms with Crippen molar-refractivity contribution in [1.82, 2.24) is 0 Å². The summed E-state index contributed by atoms with van der Waals surface area (Å²) in [7, 11) is 0. The molecule has 2 N–H and O–H groups in total. The molecule has 0 unspecified atom stereocenters.